The smallest absolute Gasteiger partial charge is 0.136 e. The third kappa shape index (κ3) is 5.04. The maximum Gasteiger partial charge on any atom is 0.136 e. The summed E-state index contributed by atoms with van der Waals surface area (Å²) in [6, 6.07) is 0.377. The molecule has 0 spiro atoms. The van der Waals surface area contributed by atoms with Crippen LogP contribution < -0.4 is 0 Å². The van der Waals surface area contributed by atoms with Crippen molar-refractivity contribution in [3.63, 3.8) is 0 Å². The standard InChI is InChI=1S/C14H27NO3/c1-12(11-18-3)15(9-10-17-2)8-7-13-5-4-6-14(13)16/h12-13H,4-11H2,1-3H3. The van der Waals surface area contributed by atoms with E-state index in [9.17, 15) is 4.79 Å². The van der Waals surface area contributed by atoms with E-state index in [1.165, 1.54) is 0 Å². The highest BCUT2D eigenvalue weighted by molar-refractivity contribution is 5.82. The minimum atomic E-state index is 0.296. The van der Waals surface area contributed by atoms with Crippen molar-refractivity contribution in [2.45, 2.75) is 38.6 Å². The monoisotopic (exact) mass is 257 g/mol. The van der Waals surface area contributed by atoms with E-state index >= 15 is 0 Å². The van der Waals surface area contributed by atoms with Gasteiger partial charge < -0.3 is 9.47 Å². The van der Waals surface area contributed by atoms with E-state index < -0.39 is 0 Å². The molecule has 0 radical (unpaired) electrons. The molecule has 4 nitrogen and oxygen atoms in total. The van der Waals surface area contributed by atoms with E-state index in [1.807, 2.05) is 0 Å². The first-order valence-electron chi connectivity index (χ1n) is 6.93. The molecule has 18 heavy (non-hydrogen) atoms. The van der Waals surface area contributed by atoms with Gasteiger partial charge in [-0.1, -0.05) is 0 Å². The number of Topliss-reactive ketones (excluding diaryl/α,β-unsaturated/α-hetero) is 1. The maximum absolute atomic E-state index is 11.6. The van der Waals surface area contributed by atoms with Gasteiger partial charge in [0.05, 0.1) is 13.2 Å². The van der Waals surface area contributed by atoms with E-state index in [0.29, 0.717) is 17.7 Å². The Morgan fingerprint density at radius 2 is 2.11 bits per heavy atom. The van der Waals surface area contributed by atoms with Gasteiger partial charge in [0.25, 0.3) is 0 Å². The van der Waals surface area contributed by atoms with Crippen LogP contribution in [0.1, 0.15) is 32.6 Å². The molecule has 1 aliphatic rings. The van der Waals surface area contributed by atoms with Gasteiger partial charge in [0.2, 0.25) is 0 Å². The first-order chi connectivity index (χ1) is 8.69. The molecule has 0 N–H and O–H groups in total. The molecule has 106 valence electrons. The number of hydrogen-bond acceptors (Lipinski definition) is 4. The lowest BCUT2D eigenvalue weighted by molar-refractivity contribution is -0.120. The zero-order valence-electron chi connectivity index (χ0n) is 12.0. The fourth-order valence-corrected chi connectivity index (χ4v) is 2.62. The Balaban J connectivity index is 2.36. The van der Waals surface area contributed by atoms with Gasteiger partial charge in [-0.25, -0.2) is 0 Å². The van der Waals surface area contributed by atoms with Crippen LogP contribution in [0.5, 0.6) is 0 Å². The van der Waals surface area contributed by atoms with Crippen molar-refractivity contribution < 1.29 is 14.3 Å². The van der Waals surface area contributed by atoms with Gasteiger partial charge in [-0.15, -0.1) is 0 Å². The molecule has 2 atom stereocenters. The number of methoxy groups -OCH3 is 2. The second-order valence-corrected chi connectivity index (χ2v) is 5.18. The van der Waals surface area contributed by atoms with Crippen molar-refractivity contribution in [1.29, 1.82) is 0 Å². The molecule has 0 aromatic carbocycles. The van der Waals surface area contributed by atoms with Gasteiger partial charge in [0.15, 0.2) is 0 Å². The number of ether oxygens (including phenoxy) is 2. The van der Waals surface area contributed by atoms with E-state index in [4.69, 9.17) is 9.47 Å². The van der Waals surface area contributed by atoms with Gasteiger partial charge in [-0.05, 0) is 32.7 Å². The van der Waals surface area contributed by atoms with Crippen molar-refractivity contribution in [1.82, 2.24) is 4.90 Å². The van der Waals surface area contributed by atoms with Crippen LogP contribution in [-0.2, 0) is 14.3 Å². The van der Waals surface area contributed by atoms with Crippen LogP contribution in [0.25, 0.3) is 0 Å². The molecule has 1 fully saturated rings. The van der Waals surface area contributed by atoms with Crippen LogP contribution in [0.3, 0.4) is 0 Å². The fraction of sp³-hybridized carbons (Fsp3) is 0.929. The average Bonchev–Trinajstić information content (AvgIpc) is 2.75. The fourth-order valence-electron chi connectivity index (χ4n) is 2.62. The Morgan fingerprint density at radius 3 is 2.67 bits per heavy atom. The van der Waals surface area contributed by atoms with Crippen LogP contribution in [0.4, 0.5) is 0 Å². The number of nitrogens with zero attached hydrogens (tertiary/aromatic N) is 1. The minimum absolute atomic E-state index is 0.296. The number of rotatable bonds is 9. The summed E-state index contributed by atoms with van der Waals surface area (Å²) in [6.07, 6.45) is 3.93. The van der Waals surface area contributed by atoms with Crippen LogP contribution in [-0.4, -0.2) is 57.2 Å². The zero-order valence-corrected chi connectivity index (χ0v) is 12.0. The molecule has 0 aliphatic heterocycles. The second-order valence-electron chi connectivity index (χ2n) is 5.18. The van der Waals surface area contributed by atoms with Crippen LogP contribution in [0, 0.1) is 5.92 Å². The summed E-state index contributed by atoms with van der Waals surface area (Å²) < 4.78 is 10.4. The number of carbonyl (C=O) groups is 1. The van der Waals surface area contributed by atoms with E-state index in [0.717, 1.165) is 52.0 Å². The third-order valence-corrected chi connectivity index (χ3v) is 3.81. The summed E-state index contributed by atoms with van der Waals surface area (Å²) in [4.78, 5) is 14.0. The molecule has 2 unspecified atom stereocenters. The quantitative estimate of drug-likeness (QED) is 0.630. The molecule has 0 saturated heterocycles. The average molecular weight is 257 g/mol. The van der Waals surface area contributed by atoms with Gasteiger partial charge >= 0.3 is 0 Å². The minimum Gasteiger partial charge on any atom is -0.383 e. The summed E-state index contributed by atoms with van der Waals surface area (Å²) in [5.41, 5.74) is 0. The first kappa shape index (κ1) is 15.6. The first-order valence-corrected chi connectivity index (χ1v) is 6.93. The summed E-state index contributed by atoms with van der Waals surface area (Å²) >= 11 is 0. The highest BCUT2D eigenvalue weighted by Gasteiger charge is 2.25. The normalized spacial score (nSPS) is 21.8. The molecule has 1 aliphatic carbocycles. The zero-order chi connectivity index (χ0) is 13.4. The third-order valence-electron chi connectivity index (χ3n) is 3.81. The molecule has 1 saturated carbocycles. The lowest BCUT2D eigenvalue weighted by Gasteiger charge is -2.29. The van der Waals surface area contributed by atoms with Crippen LogP contribution in [0.15, 0.2) is 0 Å². The van der Waals surface area contributed by atoms with Gasteiger partial charge in [-0.2, -0.15) is 0 Å². The lowest BCUT2D eigenvalue weighted by atomic mass is 10.0. The van der Waals surface area contributed by atoms with Gasteiger partial charge in [-0.3, -0.25) is 9.69 Å². The summed E-state index contributed by atoms with van der Waals surface area (Å²) in [5.74, 6) is 0.755. The summed E-state index contributed by atoms with van der Waals surface area (Å²) in [6.45, 7) is 5.48. The molecular formula is C14H27NO3. The number of ketones is 1. The van der Waals surface area contributed by atoms with E-state index in [2.05, 4.69) is 11.8 Å². The van der Waals surface area contributed by atoms with Gasteiger partial charge in [0, 0.05) is 39.1 Å². The molecular weight excluding hydrogens is 230 g/mol. The number of hydrogen-bond donors (Lipinski definition) is 0. The van der Waals surface area contributed by atoms with Crippen LogP contribution >= 0.6 is 0 Å². The van der Waals surface area contributed by atoms with E-state index in [-0.39, 0.29) is 0 Å². The Kier molecular flexibility index (Phi) is 7.47. The Morgan fingerprint density at radius 1 is 1.33 bits per heavy atom. The molecule has 0 aromatic heterocycles. The predicted octanol–water partition coefficient (Wildman–Crippen LogP) is 1.73. The SMILES string of the molecule is COCCN(CCC1CCCC1=O)C(C)COC. The highest BCUT2D eigenvalue weighted by atomic mass is 16.5. The van der Waals surface area contributed by atoms with Crippen molar-refractivity contribution in [3.8, 4) is 0 Å². The van der Waals surface area contributed by atoms with Crippen LogP contribution in [0.2, 0.25) is 0 Å². The second kappa shape index (κ2) is 8.62. The highest BCUT2D eigenvalue weighted by Crippen LogP contribution is 2.24. The predicted molar refractivity (Wildman–Crippen MR) is 71.8 cm³/mol. The lowest BCUT2D eigenvalue weighted by Crippen LogP contribution is -2.40. The Hall–Kier alpha value is -0.450. The molecule has 4 heteroatoms. The molecule has 0 heterocycles. The van der Waals surface area contributed by atoms with Crippen molar-refractivity contribution in [2.75, 3.05) is 40.5 Å². The molecule has 0 aromatic rings. The molecule has 0 bridgehead atoms. The largest absolute Gasteiger partial charge is 0.383 e. The Bertz CT molecular complexity index is 245. The van der Waals surface area contributed by atoms with Crippen molar-refractivity contribution >= 4 is 5.78 Å². The maximum atomic E-state index is 11.6. The molecule has 1 rings (SSSR count). The molecule has 0 amide bonds. The number of carbonyl (C=O) groups excluding carboxylic acids is 1. The summed E-state index contributed by atoms with van der Waals surface area (Å²) in [5, 5.41) is 0. The topological polar surface area (TPSA) is 38.8 Å². The summed E-state index contributed by atoms with van der Waals surface area (Å²) in [7, 11) is 3.45. The van der Waals surface area contributed by atoms with Crippen molar-refractivity contribution in [3.05, 3.63) is 0 Å². The van der Waals surface area contributed by atoms with Gasteiger partial charge in [0.1, 0.15) is 5.78 Å². The Labute approximate surface area is 111 Å². The van der Waals surface area contributed by atoms with E-state index in [1.54, 1.807) is 14.2 Å². The van der Waals surface area contributed by atoms with Crippen molar-refractivity contribution in [2.24, 2.45) is 5.92 Å².